The standard InChI is InChI=1S/C23H31N5O3.HI/c1-3-24-23(27-17-22(29)28-13-5-6-14-28)26-16-18-11-12-25-21(15-18)31-20-9-7-19(8-10-20)30-4-2;/h7-12,15H,3-6,13-14,16-17H2,1-2H3,(H2,24,26,27);1H. The van der Waals surface area contributed by atoms with Crippen molar-refractivity contribution in [3.63, 3.8) is 0 Å². The molecule has 0 spiro atoms. The SMILES string of the molecule is CCNC(=NCc1ccnc(Oc2ccc(OCC)cc2)c1)NCC(=O)N1CCCC1.I. The van der Waals surface area contributed by atoms with Crippen LogP contribution in [0.4, 0.5) is 0 Å². The van der Waals surface area contributed by atoms with Gasteiger partial charge in [0.1, 0.15) is 11.5 Å². The van der Waals surface area contributed by atoms with E-state index >= 15 is 0 Å². The van der Waals surface area contributed by atoms with Gasteiger partial charge in [-0.15, -0.1) is 24.0 Å². The molecule has 8 nitrogen and oxygen atoms in total. The highest BCUT2D eigenvalue weighted by molar-refractivity contribution is 14.0. The zero-order valence-corrected chi connectivity index (χ0v) is 21.0. The maximum absolute atomic E-state index is 12.3. The quantitative estimate of drug-likeness (QED) is 0.281. The van der Waals surface area contributed by atoms with E-state index in [0.29, 0.717) is 37.3 Å². The predicted octanol–water partition coefficient (Wildman–Crippen LogP) is 3.57. The largest absolute Gasteiger partial charge is 0.494 e. The van der Waals surface area contributed by atoms with E-state index in [4.69, 9.17) is 9.47 Å². The molecule has 2 aromatic rings. The third-order valence-corrected chi connectivity index (χ3v) is 4.79. The summed E-state index contributed by atoms with van der Waals surface area (Å²) in [6.45, 7) is 7.67. The molecule has 0 bridgehead atoms. The van der Waals surface area contributed by atoms with Crippen LogP contribution < -0.4 is 20.1 Å². The first-order valence-electron chi connectivity index (χ1n) is 10.8. The molecule has 1 amide bonds. The number of carbonyl (C=O) groups excluding carboxylic acids is 1. The van der Waals surface area contributed by atoms with E-state index in [9.17, 15) is 4.79 Å². The first-order chi connectivity index (χ1) is 15.2. The lowest BCUT2D eigenvalue weighted by Gasteiger charge is -2.17. The molecule has 2 heterocycles. The Balaban J connectivity index is 0.00000363. The molecule has 1 saturated heterocycles. The van der Waals surface area contributed by atoms with E-state index in [1.54, 1.807) is 6.20 Å². The number of pyridine rings is 1. The molecule has 1 aromatic carbocycles. The summed E-state index contributed by atoms with van der Waals surface area (Å²) < 4.78 is 11.3. The van der Waals surface area contributed by atoms with Crippen molar-refractivity contribution in [3.8, 4) is 17.4 Å². The summed E-state index contributed by atoms with van der Waals surface area (Å²) in [7, 11) is 0. The number of nitrogens with zero attached hydrogens (tertiary/aromatic N) is 3. The monoisotopic (exact) mass is 553 g/mol. The summed E-state index contributed by atoms with van der Waals surface area (Å²) in [4.78, 5) is 23.0. The van der Waals surface area contributed by atoms with E-state index in [0.717, 1.165) is 37.2 Å². The summed E-state index contributed by atoms with van der Waals surface area (Å²) in [5.41, 5.74) is 0.957. The van der Waals surface area contributed by atoms with Gasteiger partial charge in [0.25, 0.3) is 0 Å². The van der Waals surface area contributed by atoms with Crippen molar-refractivity contribution in [2.45, 2.75) is 33.2 Å². The normalized spacial score (nSPS) is 13.3. The number of aromatic nitrogens is 1. The minimum absolute atomic E-state index is 0. The minimum Gasteiger partial charge on any atom is -0.494 e. The van der Waals surface area contributed by atoms with Crippen LogP contribution in [0.15, 0.2) is 47.6 Å². The fourth-order valence-corrected chi connectivity index (χ4v) is 3.25. The van der Waals surface area contributed by atoms with Gasteiger partial charge in [0.05, 0.1) is 19.7 Å². The van der Waals surface area contributed by atoms with E-state index in [2.05, 4.69) is 20.6 Å². The zero-order valence-electron chi connectivity index (χ0n) is 18.7. The Labute approximate surface area is 206 Å². The molecule has 2 N–H and O–H groups in total. The Kier molecular flexibility index (Phi) is 11.1. The topological polar surface area (TPSA) is 88.1 Å². The van der Waals surface area contributed by atoms with Gasteiger partial charge in [-0.05, 0) is 62.6 Å². The van der Waals surface area contributed by atoms with Crippen LogP contribution in [0, 0.1) is 0 Å². The number of hydrogen-bond donors (Lipinski definition) is 2. The molecule has 0 unspecified atom stereocenters. The van der Waals surface area contributed by atoms with Gasteiger partial charge >= 0.3 is 0 Å². The molecular weight excluding hydrogens is 521 g/mol. The lowest BCUT2D eigenvalue weighted by molar-refractivity contribution is -0.128. The van der Waals surface area contributed by atoms with Gasteiger partial charge in [0.2, 0.25) is 11.8 Å². The number of carbonyl (C=O) groups is 1. The third-order valence-electron chi connectivity index (χ3n) is 4.79. The van der Waals surface area contributed by atoms with E-state index < -0.39 is 0 Å². The number of rotatable bonds is 9. The lowest BCUT2D eigenvalue weighted by atomic mass is 10.2. The van der Waals surface area contributed by atoms with Crippen molar-refractivity contribution < 1.29 is 14.3 Å². The molecule has 3 rings (SSSR count). The molecule has 1 fully saturated rings. The van der Waals surface area contributed by atoms with E-state index in [-0.39, 0.29) is 36.4 Å². The second-order valence-electron chi connectivity index (χ2n) is 7.15. The van der Waals surface area contributed by atoms with Crippen molar-refractivity contribution in [1.82, 2.24) is 20.5 Å². The van der Waals surface area contributed by atoms with Crippen molar-refractivity contribution >= 4 is 35.8 Å². The van der Waals surface area contributed by atoms with Gasteiger partial charge < -0.3 is 25.0 Å². The highest BCUT2D eigenvalue weighted by Crippen LogP contribution is 2.23. The number of hydrogen-bond acceptors (Lipinski definition) is 5. The minimum atomic E-state index is 0. The summed E-state index contributed by atoms with van der Waals surface area (Å²) >= 11 is 0. The number of nitrogens with one attached hydrogen (secondary N) is 2. The highest BCUT2D eigenvalue weighted by Gasteiger charge is 2.17. The Bertz CT molecular complexity index is 870. The maximum atomic E-state index is 12.3. The molecular formula is C23H32IN5O3. The second-order valence-corrected chi connectivity index (χ2v) is 7.15. The molecule has 0 atom stereocenters. The molecule has 0 radical (unpaired) electrons. The Morgan fingerprint density at radius 2 is 1.81 bits per heavy atom. The molecule has 174 valence electrons. The van der Waals surface area contributed by atoms with E-state index in [1.807, 2.05) is 55.1 Å². The fraction of sp³-hybridized carbons (Fsp3) is 0.435. The number of benzene rings is 1. The van der Waals surface area contributed by atoms with E-state index in [1.165, 1.54) is 0 Å². The number of halogens is 1. The lowest BCUT2D eigenvalue weighted by Crippen LogP contribution is -2.44. The van der Waals surface area contributed by atoms with Crippen LogP contribution in [-0.4, -0.2) is 54.5 Å². The van der Waals surface area contributed by atoms with Crippen LogP contribution in [0.5, 0.6) is 17.4 Å². The van der Waals surface area contributed by atoms with Crippen LogP contribution in [0.25, 0.3) is 0 Å². The number of guanidine groups is 1. The predicted molar refractivity (Wildman–Crippen MR) is 136 cm³/mol. The van der Waals surface area contributed by atoms with Crippen molar-refractivity contribution in [1.29, 1.82) is 0 Å². The van der Waals surface area contributed by atoms with Gasteiger partial charge in [-0.25, -0.2) is 9.98 Å². The van der Waals surface area contributed by atoms with Crippen LogP contribution in [0.1, 0.15) is 32.3 Å². The Morgan fingerprint density at radius 3 is 2.50 bits per heavy atom. The zero-order chi connectivity index (χ0) is 21.9. The molecule has 9 heteroatoms. The smallest absolute Gasteiger partial charge is 0.241 e. The van der Waals surface area contributed by atoms with Gasteiger partial charge in [-0.2, -0.15) is 0 Å². The highest BCUT2D eigenvalue weighted by atomic mass is 127. The van der Waals surface area contributed by atoms with Gasteiger partial charge in [0, 0.05) is 31.9 Å². The fourth-order valence-electron chi connectivity index (χ4n) is 3.25. The Hall–Kier alpha value is -2.56. The van der Waals surface area contributed by atoms with Crippen LogP contribution in [0.3, 0.4) is 0 Å². The van der Waals surface area contributed by atoms with Crippen LogP contribution in [0.2, 0.25) is 0 Å². The van der Waals surface area contributed by atoms with Gasteiger partial charge in [-0.1, -0.05) is 0 Å². The molecule has 1 aliphatic rings. The first-order valence-corrected chi connectivity index (χ1v) is 10.8. The molecule has 32 heavy (non-hydrogen) atoms. The van der Waals surface area contributed by atoms with Crippen molar-refractivity contribution in [2.24, 2.45) is 4.99 Å². The number of ether oxygens (including phenoxy) is 2. The number of aliphatic imine (C=N–C) groups is 1. The van der Waals surface area contributed by atoms with Crippen LogP contribution >= 0.6 is 24.0 Å². The second kappa shape index (κ2) is 13.8. The van der Waals surface area contributed by atoms with Crippen LogP contribution in [-0.2, 0) is 11.3 Å². The average molecular weight is 553 g/mol. The van der Waals surface area contributed by atoms with Crippen molar-refractivity contribution in [2.75, 3.05) is 32.8 Å². The summed E-state index contributed by atoms with van der Waals surface area (Å²) in [5.74, 6) is 2.71. The van der Waals surface area contributed by atoms with Gasteiger partial charge in [0.15, 0.2) is 5.96 Å². The third kappa shape index (κ3) is 8.18. The molecule has 1 aromatic heterocycles. The average Bonchev–Trinajstić information content (AvgIpc) is 3.32. The maximum Gasteiger partial charge on any atom is 0.241 e. The summed E-state index contributed by atoms with van der Waals surface area (Å²) in [6, 6.07) is 11.2. The first kappa shape index (κ1) is 25.7. The Morgan fingerprint density at radius 1 is 1.09 bits per heavy atom. The summed E-state index contributed by atoms with van der Waals surface area (Å²) in [6.07, 6.45) is 3.87. The number of likely N-dealkylation sites (tertiary alicyclic amines) is 1. The molecule has 0 saturated carbocycles. The molecule has 1 aliphatic heterocycles. The summed E-state index contributed by atoms with van der Waals surface area (Å²) in [5, 5.41) is 6.30. The number of amides is 1. The molecule has 0 aliphatic carbocycles. The van der Waals surface area contributed by atoms with Gasteiger partial charge in [-0.3, -0.25) is 4.79 Å². The van der Waals surface area contributed by atoms with Crippen molar-refractivity contribution in [3.05, 3.63) is 48.2 Å².